The Kier molecular flexibility index (Phi) is 11.2. The predicted molar refractivity (Wildman–Crippen MR) is 204 cm³/mol. The van der Waals surface area contributed by atoms with Gasteiger partial charge in [-0.25, -0.2) is 15.0 Å². The third kappa shape index (κ3) is 7.65. The van der Waals surface area contributed by atoms with E-state index in [0.717, 1.165) is 29.5 Å². The van der Waals surface area contributed by atoms with E-state index in [2.05, 4.69) is 53.5 Å². The van der Waals surface area contributed by atoms with E-state index in [1.54, 1.807) is 35.2 Å². The fourth-order valence-electron chi connectivity index (χ4n) is 7.80. The summed E-state index contributed by atoms with van der Waals surface area (Å²) in [5.41, 5.74) is 3.55. The Morgan fingerprint density at radius 2 is 1.87 bits per heavy atom. The number of pyridine rings is 1. The number of halogens is 1. The van der Waals surface area contributed by atoms with Crippen LogP contribution in [0.15, 0.2) is 53.4 Å². The van der Waals surface area contributed by atoms with Crippen LogP contribution in [0.1, 0.15) is 73.9 Å². The van der Waals surface area contributed by atoms with Crippen LogP contribution in [0.4, 0.5) is 5.82 Å². The number of aryl methyl sites for hydroxylation is 2. The van der Waals surface area contributed by atoms with Gasteiger partial charge in [-0.1, -0.05) is 25.1 Å². The molecule has 3 amide bonds. The zero-order chi connectivity index (χ0) is 38.0. The number of carbonyl (C=O) groups excluding carboxylic acids is 4. The molecule has 4 heterocycles. The van der Waals surface area contributed by atoms with E-state index in [-0.39, 0.29) is 54.3 Å². The third-order valence-corrected chi connectivity index (χ3v) is 11.0. The van der Waals surface area contributed by atoms with E-state index in [1.165, 1.54) is 6.92 Å². The Balaban J connectivity index is 1.31. The van der Waals surface area contributed by atoms with E-state index < -0.39 is 11.5 Å². The number of benzene rings is 1. The number of nitrogens with zero attached hydrogens (tertiary/aromatic N) is 6. The number of anilines is 1. The number of methoxy groups -OCH3 is 1. The highest BCUT2D eigenvalue weighted by atomic mass is 79.9. The molecule has 2 fully saturated rings. The molecule has 1 aliphatic heterocycles. The Morgan fingerprint density at radius 1 is 1.11 bits per heavy atom. The van der Waals surface area contributed by atoms with Gasteiger partial charge in [0.05, 0.1) is 12.1 Å². The molecule has 0 radical (unpaired) electrons. The maximum Gasteiger partial charge on any atom is 0.248 e. The summed E-state index contributed by atoms with van der Waals surface area (Å²) in [7, 11) is 1.56. The number of hydrogen-bond acceptors (Lipinski definition) is 9. The second-order valence-corrected chi connectivity index (χ2v) is 14.9. The van der Waals surface area contributed by atoms with Gasteiger partial charge in [0.25, 0.3) is 0 Å². The lowest BCUT2D eigenvalue weighted by Gasteiger charge is -2.28. The lowest BCUT2D eigenvalue weighted by molar-refractivity contribution is -0.139. The van der Waals surface area contributed by atoms with Crippen molar-refractivity contribution in [1.82, 2.24) is 34.9 Å². The van der Waals surface area contributed by atoms with Crippen molar-refractivity contribution < 1.29 is 23.9 Å². The monoisotopic (exact) mass is 784 g/mol. The number of unbranched alkanes of at least 4 members (excludes halogenated alkanes) is 1. The number of amides is 3. The first-order chi connectivity index (χ1) is 25.4. The van der Waals surface area contributed by atoms with Gasteiger partial charge in [-0.3, -0.25) is 23.9 Å². The Morgan fingerprint density at radius 3 is 2.57 bits per heavy atom. The average molecular weight is 786 g/mol. The SMILES string of the molecule is C/C=C/CCCC(=O)NC[C@@]12C[C@@H](C(=O)Nc3nc(Br)ccc3COC)N(C(=O)Cn3nc(C(C)=O)c4cc(-c5cnc(C)nc5)cc(C)c43)C1[C@@H]2C. The van der Waals surface area contributed by atoms with Crippen LogP contribution in [-0.2, 0) is 32.3 Å². The number of aromatic nitrogens is 5. The maximum absolute atomic E-state index is 14.6. The van der Waals surface area contributed by atoms with Crippen LogP contribution in [0, 0.1) is 25.2 Å². The van der Waals surface area contributed by atoms with Gasteiger partial charge in [0, 0.05) is 67.4 Å². The third-order valence-electron chi connectivity index (χ3n) is 10.5. The van der Waals surface area contributed by atoms with Gasteiger partial charge >= 0.3 is 0 Å². The van der Waals surface area contributed by atoms with Crippen LogP contribution >= 0.6 is 15.9 Å². The normalized spacial score (nSPS) is 20.5. The molecular formula is C39H45BrN8O5. The molecular weight excluding hydrogens is 740 g/mol. The second kappa shape index (κ2) is 15.7. The van der Waals surface area contributed by atoms with E-state index in [1.807, 2.05) is 51.1 Å². The minimum absolute atomic E-state index is 0.0371. The number of Topliss-reactive ketones (excluding diaryl/α,β-unsaturated/α-hetero) is 1. The summed E-state index contributed by atoms with van der Waals surface area (Å²) < 4.78 is 7.45. The number of nitrogens with one attached hydrogen (secondary N) is 2. The first kappa shape index (κ1) is 37.9. The summed E-state index contributed by atoms with van der Waals surface area (Å²) in [4.78, 5) is 69.3. The minimum Gasteiger partial charge on any atom is -0.380 e. The predicted octanol–water partition coefficient (Wildman–Crippen LogP) is 5.72. The molecule has 2 N–H and O–H groups in total. The summed E-state index contributed by atoms with van der Waals surface area (Å²) in [5, 5.41) is 11.3. The highest BCUT2D eigenvalue weighted by Gasteiger charge is 2.72. The van der Waals surface area contributed by atoms with Crippen LogP contribution in [0.2, 0.25) is 0 Å². The molecule has 14 heteroatoms. The van der Waals surface area contributed by atoms with Crippen LogP contribution in [0.3, 0.4) is 0 Å². The molecule has 53 heavy (non-hydrogen) atoms. The number of likely N-dealkylation sites (tertiary alicyclic amines) is 1. The van der Waals surface area contributed by atoms with Crippen LogP contribution in [-0.4, -0.2) is 78.9 Å². The molecule has 278 valence electrons. The number of fused-ring (bicyclic) bond motifs is 2. The smallest absolute Gasteiger partial charge is 0.248 e. The average Bonchev–Trinajstić information content (AvgIpc) is 3.38. The van der Waals surface area contributed by atoms with Crippen molar-refractivity contribution >= 4 is 56.2 Å². The number of hydrogen-bond donors (Lipinski definition) is 2. The molecule has 1 saturated heterocycles. The molecule has 13 nitrogen and oxygen atoms in total. The van der Waals surface area contributed by atoms with Crippen molar-refractivity contribution in [3.8, 4) is 11.1 Å². The number of rotatable bonds is 14. The van der Waals surface area contributed by atoms with Crippen molar-refractivity contribution in [1.29, 1.82) is 0 Å². The summed E-state index contributed by atoms with van der Waals surface area (Å²) in [6.45, 7) is 9.58. The van der Waals surface area contributed by atoms with E-state index in [9.17, 15) is 19.2 Å². The first-order valence-electron chi connectivity index (χ1n) is 17.8. The largest absolute Gasteiger partial charge is 0.380 e. The molecule has 0 spiro atoms. The zero-order valence-electron chi connectivity index (χ0n) is 30.9. The van der Waals surface area contributed by atoms with Crippen molar-refractivity contribution in [2.45, 2.75) is 85.5 Å². The van der Waals surface area contributed by atoms with Gasteiger partial charge in [-0.2, -0.15) is 5.10 Å². The van der Waals surface area contributed by atoms with Crippen molar-refractivity contribution in [3.63, 3.8) is 0 Å². The standard InChI is InChI=1S/C39H45BrN8O5/c1-7-8-9-10-11-32(50)43-21-39-16-30(38(52)45-37-26(20-53-6)12-13-31(40)44-37)48(36(39)23(39)3)33(51)19-47-35-22(2)14-27(28-17-41-25(5)42-18-28)15-29(35)34(46-47)24(4)49/h7-8,12-15,17-18,23,30,36H,9-11,16,19-21H2,1-6H3,(H,43,50)(H,44,45,52)/b8-7+/t23-,30-,36?,39+/m0/s1. The molecule has 0 bridgehead atoms. The second-order valence-electron chi connectivity index (χ2n) is 14.1. The van der Waals surface area contributed by atoms with Gasteiger partial charge in [-0.15, -0.1) is 0 Å². The molecule has 1 unspecified atom stereocenters. The minimum atomic E-state index is -0.838. The lowest BCUT2D eigenvalue weighted by Crippen LogP contribution is -2.47. The van der Waals surface area contributed by atoms with E-state index in [0.29, 0.717) is 52.1 Å². The lowest BCUT2D eigenvalue weighted by atomic mass is 9.95. The zero-order valence-corrected chi connectivity index (χ0v) is 32.5. The van der Waals surface area contributed by atoms with Gasteiger partial charge in [0.1, 0.15) is 34.5 Å². The van der Waals surface area contributed by atoms with Crippen LogP contribution < -0.4 is 10.6 Å². The number of carbonyl (C=O) groups is 4. The number of allylic oxidation sites excluding steroid dienone is 2. The highest BCUT2D eigenvalue weighted by Crippen LogP contribution is 2.64. The first-order valence-corrected chi connectivity index (χ1v) is 18.6. The van der Waals surface area contributed by atoms with Crippen LogP contribution in [0.5, 0.6) is 0 Å². The molecule has 3 aromatic heterocycles. The van der Waals surface area contributed by atoms with Gasteiger partial charge in [0.15, 0.2) is 5.78 Å². The Labute approximate surface area is 317 Å². The van der Waals surface area contributed by atoms with Crippen molar-refractivity contribution in [2.24, 2.45) is 11.3 Å². The van der Waals surface area contributed by atoms with Gasteiger partial charge < -0.3 is 20.3 Å². The molecule has 1 aromatic carbocycles. The Hall–Kier alpha value is -4.82. The maximum atomic E-state index is 14.6. The topological polar surface area (TPSA) is 161 Å². The number of ether oxygens (including phenoxy) is 1. The number of piperidine rings is 1. The highest BCUT2D eigenvalue weighted by molar-refractivity contribution is 9.10. The summed E-state index contributed by atoms with van der Waals surface area (Å²) in [6.07, 6.45) is 9.79. The number of ketones is 1. The van der Waals surface area contributed by atoms with Crippen molar-refractivity contribution in [3.05, 3.63) is 76.1 Å². The summed E-state index contributed by atoms with van der Waals surface area (Å²) >= 11 is 3.39. The fourth-order valence-corrected chi connectivity index (χ4v) is 8.11. The van der Waals surface area contributed by atoms with Crippen LogP contribution in [0.25, 0.3) is 22.0 Å². The Bertz CT molecular complexity index is 2100. The quantitative estimate of drug-likeness (QED) is 0.0705. The molecule has 6 rings (SSSR count). The molecule has 1 saturated carbocycles. The summed E-state index contributed by atoms with van der Waals surface area (Å²) in [5.74, 6) is 0.0427. The molecule has 1 aliphatic carbocycles. The molecule has 2 aliphatic rings. The molecule has 4 atom stereocenters. The fraction of sp³-hybridized carbons (Fsp3) is 0.436. The van der Waals surface area contributed by atoms with Crippen molar-refractivity contribution in [2.75, 3.05) is 19.0 Å². The molecule has 4 aromatic rings. The van der Waals surface area contributed by atoms with E-state index >= 15 is 0 Å². The van der Waals surface area contributed by atoms with E-state index in [4.69, 9.17) is 4.74 Å². The van der Waals surface area contributed by atoms with Gasteiger partial charge in [0.2, 0.25) is 17.7 Å². The van der Waals surface area contributed by atoms with Gasteiger partial charge in [-0.05, 0) is 91.2 Å². The summed E-state index contributed by atoms with van der Waals surface area (Å²) in [6, 6.07) is 6.31.